The van der Waals surface area contributed by atoms with Gasteiger partial charge >= 0.3 is 5.97 Å². The number of benzene rings is 1. The molecule has 0 aromatic heterocycles. The molecule has 4 nitrogen and oxygen atoms in total. The second-order valence-electron chi connectivity index (χ2n) is 3.24. The van der Waals surface area contributed by atoms with Crippen molar-refractivity contribution in [2.24, 2.45) is 0 Å². The van der Waals surface area contributed by atoms with Crippen LogP contribution in [0.5, 0.6) is 0 Å². The van der Waals surface area contributed by atoms with E-state index in [0.717, 1.165) is 12.8 Å². The standard InChI is InChI=1S/C12H14O4/c13-9-15-10-16-12(14)8-4-7-11-5-2-1-3-6-11/h1-3,5-6,9H,4,7-8,10H2. The van der Waals surface area contributed by atoms with Gasteiger partial charge in [-0.2, -0.15) is 0 Å². The smallest absolute Gasteiger partial charge is 0.308 e. The fourth-order valence-corrected chi connectivity index (χ4v) is 1.28. The van der Waals surface area contributed by atoms with Gasteiger partial charge in [-0.3, -0.25) is 9.59 Å². The van der Waals surface area contributed by atoms with Gasteiger partial charge in [0, 0.05) is 6.42 Å². The van der Waals surface area contributed by atoms with E-state index in [9.17, 15) is 9.59 Å². The maximum atomic E-state index is 11.1. The lowest BCUT2D eigenvalue weighted by Gasteiger charge is -2.03. The van der Waals surface area contributed by atoms with Crippen molar-refractivity contribution in [2.75, 3.05) is 6.79 Å². The third-order valence-corrected chi connectivity index (χ3v) is 2.05. The first kappa shape index (κ1) is 12.2. The summed E-state index contributed by atoms with van der Waals surface area (Å²) < 4.78 is 8.87. The van der Waals surface area contributed by atoms with Gasteiger partial charge in [0.1, 0.15) is 0 Å². The molecule has 0 amide bonds. The highest BCUT2D eigenvalue weighted by Crippen LogP contribution is 2.04. The van der Waals surface area contributed by atoms with E-state index < -0.39 is 0 Å². The molecule has 16 heavy (non-hydrogen) atoms. The van der Waals surface area contributed by atoms with E-state index in [1.54, 1.807) is 0 Å². The second kappa shape index (κ2) is 7.45. The van der Waals surface area contributed by atoms with E-state index in [0.29, 0.717) is 6.42 Å². The number of hydrogen-bond acceptors (Lipinski definition) is 4. The van der Waals surface area contributed by atoms with Crippen LogP contribution in [0.1, 0.15) is 18.4 Å². The minimum absolute atomic E-state index is 0.247. The molecule has 1 rings (SSSR count). The van der Waals surface area contributed by atoms with Crippen LogP contribution >= 0.6 is 0 Å². The zero-order chi connectivity index (χ0) is 11.6. The second-order valence-corrected chi connectivity index (χ2v) is 3.24. The molecular formula is C12H14O4. The number of carbonyl (C=O) groups is 2. The van der Waals surface area contributed by atoms with Crippen LogP contribution in [0.2, 0.25) is 0 Å². The Labute approximate surface area is 94.2 Å². The summed E-state index contributed by atoms with van der Waals surface area (Å²) in [5.74, 6) is -0.349. The third kappa shape index (κ3) is 5.14. The van der Waals surface area contributed by atoms with Gasteiger partial charge in [0.25, 0.3) is 6.47 Å². The Bertz CT molecular complexity index is 321. The molecule has 0 unspecified atom stereocenters. The van der Waals surface area contributed by atoms with E-state index in [2.05, 4.69) is 9.47 Å². The van der Waals surface area contributed by atoms with Crippen LogP contribution in [-0.2, 0) is 25.5 Å². The molecule has 1 aromatic carbocycles. The summed E-state index contributed by atoms with van der Waals surface area (Å²) in [5, 5.41) is 0. The maximum absolute atomic E-state index is 11.1. The SMILES string of the molecule is O=COCOC(=O)CCCc1ccccc1. The fraction of sp³-hybridized carbons (Fsp3) is 0.333. The summed E-state index contributed by atoms with van der Waals surface area (Å²) >= 11 is 0. The number of hydrogen-bond donors (Lipinski definition) is 0. The third-order valence-electron chi connectivity index (χ3n) is 2.05. The van der Waals surface area contributed by atoms with Crippen molar-refractivity contribution in [2.45, 2.75) is 19.3 Å². The summed E-state index contributed by atoms with van der Waals surface area (Å²) in [7, 11) is 0. The number of rotatable bonds is 7. The van der Waals surface area contributed by atoms with E-state index in [1.165, 1.54) is 5.56 Å². The molecule has 0 aliphatic heterocycles. The van der Waals surface area contributed by atoms with Crippen molar-refractivity contribution in [3.8, 4) is 0 Å². The van der Waals surface area contributed by atoms with Crippen molar-refractivity contribution in [1.82, 2.24) is 0 Å². The van der Waals surface area contributed by atoms with Crippen LogP contribution < -0.4 is 0 Å². The summed E-state index contributed by atoms with van der Waals surface area (Å²) in [5.41, 5.74) is 1.19. The minimum Gasteiger partial charge on any atom is -0.430 e. The van der Waals surface area contributed by atoms with Gasteiger partial charge in [-0.25, -0.2) is 0 Å². The first-order chi connectivity index (χ1) is 7.83. The van der Waals surface area contributed by atoms with Gasteiger partial charge in [-0.15, -0.1) is 0 Å². The highest BCUT2D eigenvalue weighted by atomic mass is 16.7. The molecule has 0 fully saturated rings. The Balaban J connectivity index is 2.11. The van der Waals surface area contributed by atoms with Gasteiger partial charge in [0.15, 0.2) is 0 Å². The molecule has 0 aliphatic carbocycles. The molecule has 4 heteroatoms. The Hall–Kier alpha value is -1.84. The zero-order valence-corrected chi connectivity index (χ0v) is 8.93. The van der Waals surface area contributed by atoms with Crippen molar-refractivity contribution in [3.63, 3.8) is 0 Å². The molecular weight excluding hydrogens is 208 g/mol. The number of ether oxygens (including phenoxy) is 2. The minimum atomic E-state index is -0.349. The van der Waals surface area contributed by atoms with Crippen LogP contribution in [0.4, 0.5) is 0 Å². The normalized spacial score (nSPS) is 9.50. The summed E-state index contributed by atoms with van der Waals surface area (Å²) in [6, 6.07) is 9.91. The molecule has 0 spiro atoms. The van der Waals surface area contributed by atoms with Crippen molar-refractivity contribution < 1.29 is 19.1 Å². The van der Waals surface area contributed by atoms with E-state index >= 15 is 0 Å². The quantitative estimate of drug-likeness (QED) is 0.305. The molecule has 0 saturated heterocycles. The molecule has 0 atom stereocenters. The molecule has 0 saturated carbocycles. The molecule has 86 valence electrons. The van der Waals surface area contributed by atoms with Crippen molar-refractivity contribution in [1.29, 1.82) is 0 Å². The van der Waals surface area contributed by atoms with Crippen LogP contribution in [0, 0.1) is 0 Å². The first-order valence-corrected chi connectivity index (χ1v) is 5.07. The summed E-state index contributed by atoms with van der Waals surface area (Å²) in [6.45, 7) is -0.0507. The van der Waals surface area contributed by atoms with Gasteiger partial charge in [0.05, 0.1) is 0 Å². The highest BCUT2D eigenvalue weighted by molar-refractivity contribution is 5.69. The number of esters is 1. The predicted molar refractivity (Wildman–Crippen MR) is 57.5 cm³/mol. The Kier molecular flexibility index (Phi) is 5.70. The monoisotopic (exact) mass is 222 g/mol. The Morgan fingerprint density at radius 3 is 2.69 bits per heavy atom. The largest absolute Gasteiger partial charge is 0.430 e. The first-order valence-electron chi connectivity index (χ1n) is 5.07. The van der Waals surface area contributed by atoms with E-state index in [1.807, 2.05) is 30.3 Å². The lowest BCUT2D eigenvalue weighted by Crippen LogP contribution is -2.07. The van der Waals surface area contributed by atoms with Gasteiger partial charge in [-0.05, 0) is 18.4 Å². The maximum Gasteiger partial charge on any atom is 0.308 e. The average molecular weight is 222 g/mol. The van der Waals surface area contributed by atoms with Crippen LogP contribution in [0.25, 0.3) is 0 Å². The van der Waals surface area contributed by atoms with Crippen LogP contribution in [-0.4, -0.2) is 19.2 Å². The molecule has 0 radical (unpaired) electrons. The zero-order valence-electron chi connectivity index (χ0n) is 8.93. The topological polar surface area (TPSA) is 52.6 Å². The lowest BCUT2D eigenvalue weighted by molar-refractivity contribution is -0.159. The van der Waals surface area contributed by atoms with Gasteiger partial charge < -0.3 is 9.47 Å². The highest BCUT2D eigenvalue weighted by Gasteiger charge is 2.02. The van der Waals surface area contributed by atoms with Gasteiger partial charge in [-0.1, -0.05) is 30.3 Å². The van der Waals surface area contributed by atoms with E-state index in [-0.39, 0.29) is 19.2 Å². The molecule has 0 aliphatic rings. The van der Waals surface area contributed by atoms with E-state index in [4.69, 9.17) is 0 Å². The molecule has 0 N–H and O–H groups in total. The molecule has 0 heterocycles. The van der Waals surface area contributed by atoms with Crippen LogP contribution in [0.15, 0.2) is 30.3 Å². The van der Waals surface area contributed by atoms with Crippen molar-refractivity contribution in [3.05, 3.63) is 35.9 Å². The van der Waals surface area contributed by atoms with Gasteiger partial charge in [0.2, 0.25) is 6.79 Å². The molecule has 0 bridgehead atoms. The summed E-state index contributed by atoms with van der Waals surface area (Å²) in [4.78, 5) is 20.9. The Morgan fingerprint density at radius 2 is 2.00 bits per heavy atom. The van der Waals surface area contributed by atoms with Crippen LogP contribution in [0.3, 0.4) is 0 Å². The predicted octanol–water partition coefficient (Wildman–Crippen LogP) is 1.68. The Morgan fingerprint density at radius 1 is 1.25 bits per heavy atom. The lowest BCUT2D eigenvalue weighted by atomic mass is 10.1. The van der Waals surface area contributed by atoms with Crippen molar-refractivity contribution >= 4 is 12.4 Å². The average Bonchev–Trinajstić information content (AvgIpc) is 2.31. The molecule has 1 aromatic rings. The number of aryl methyl sites for hydroxylation is 1. The number of carbonyl (C=O) groups excluding carboxylic acids is 2. The summed E-state index contributed by atoms with van der Waals surface area (Å²) in [6.07, 6.45) is 1.89. The fourth-order valence-electron chi connectivity index (χ4n) is 1.28.